The molecule has 0 aliphatic carbocycles. The Morgan fingerprint density at radius 1 is 1.46 bits per heavy atom. The van der Waals surface area contributed by atoms with Crippen molar-refractivity contribution in [1.29, 1.82) is 0 Å². The molecule has 0 bridgehead atoms. The van der Waals surface area contributed by atoms with Gasteiger partial charge in [0.15, 0.2) is 5.96 Å². The number of ether oxygens (including phenoxy) is 1. The zero-order chi connectivity index (χ0) is 17.2. The van der Waals surface area contributed by atoms with E-state index in [0.29, 0.717) is 6.61 Å². The number of nitrogens with one attached hydrogen (secondary N) is 2. The summed E-state index contributed by atoms with van der Waals surface area (Å²) in [5.41, 5.74) is 0. The van der Waals surface area contributed by atoms with Gasteiger partial charge in [-0.25, -0.2) is 0 Å². The molecule has 1 fully saturated rings. The Kier molecular flexibility index (Phi) is 12.4. The Labute approximate surface area is 163 Å². The lowest BCUT2D eigenvalue weighted by atomic mass is 10.2. The van der Waals surface area contributed by atoms with Crippen LogP contribution in [0.1, 0.15) is 26.2 Å². The number of amides is 1. The molecule has 2 N–H and O–H groups in total. The highest BCUT2D eigenvalue weighted by Gasteiger charge is 2.30. The number of carbonyl (C=O) groups excluding carboxylic acids is 1. The molecule has 1 aliphatic heterocycles. The van der Waals surface area contributed by atoms with E-state index in [0.717, 1.165) is 44.9 Å². The zero-order valence-electron chi connectivity index (χ0n) is 15.7. The molecule has 2 atom stereocenters. The molecule has 24 heavy (non-hydrogen) atoms. The van der Waals surface area contributed by atoms with E-state index < -0.39 is 0 Å². The molecule has 0 aromatic heterocycles. The van der Waals surface area contributed by atoms with E-state index in [1.54, 1.807) is 19.1 Å². The van der Waals surface area contributed by atoms with Gasteiger partial charge in [0.2, 0.25) is 5.91 Å². The van der Waals surface area contributed by atoms with Gasteiger partial charge in [-0.3, -0.25) is 14.7 Å². The number of carbonyl (C=O) groups is 1. The standard InChI is InChI=1S/C16H33N5O2.HI/c1-13(12-23-5)19-16(17-2)18-9-7-11-21-10-6-8-14(21)15(22)20(3)4;/h13-14H,6-12H2,1-5H3,(H2,17,18,19);1H. The highest BCUT2D eigenvalue weighted by atomic mass is 127. The lowest BCUT2D eigenvalue weighted by Gasteiger charge is -2.26. The van der Waals surface area contributed by atoms with Gasteiger partial charge in [0.25, 0.3) is 0 Å². The van der Waals surface area contributed by atoms with Crippen LogP contribution in [0.3, 0.4) is 0 Å². The normalized spacial score (nSPS) is 19.5. The van der Waals surface area contributed by atoms with Crippen molar-refractivity contribution < 1.29 is 9.53 Å². The Hall–Kier alpha value is -0.610. The van der Waals surface area contributed by atoms with Crippen LogP contribution in [0.25, 0.3) is 0 Å². The number of rotatable bonds is 8. The SMILES string of the molecule is CN=C(NCCCN1CCCC1C(=O)N(C)C)NC(C)COC.I. The first-order chi connectivity index (χ1) is 11.0. The quantitative estimate of drug-likeness (QED) is 0.245. The Balaban J connectivity index is 0.00000529. The Bertz CT molecular complexity index is 393. The number of hydrogen-bond acceptors (Lipinski definition) is 4. The molecule has 1 rings (SSSR count). The van der Waals surface area contributed by atoms with Crippen molar-refractivity contribution in [2.75, 3.05) is 54.5 Å². The molecule has 2 unspecified atom stereocenters. The van der Waals surface area contributed by atoms with Crippen LogP contribution in [-0.4, -0.2) is 88.2 Å². The van der Waals surface area contributed by atoms with Gasteiger partial charge in [-0.05, 0) is 32.7 Å². The fraction of sp³-hybridized carbons (Fsp3) is 0.875. The van der Waals surface area contributed by atoms with Crippen molar-refractivity contribution in [2.24, 2.45) is 4.99 Å². The second-order valence-electron chi connectivity index (χ2n) is 6.28. The number of methoxy groups -OCH3 is 1. The van der Waals surface area contributed by atoms with Gasteiger partial charge < -0.3 is 20.3 Å². The van der Waals surface area contributed by atoms with Crippen molar-refractivity contribution >= 4 is 35.8 Å². The molecule has 7 nitrogen and oxygen atoms in total. The van der Waals surface area contributed by atoms with Gasteiger partial charge >= 0.3 is 0 Å². The average molecular weight is 455 g/mol. The molecule has 142 valence electrons. The van der Waals surface area contributed by atoms with Crippen molar-refractivity contribution in [3.05, 3.63) is 0 Å². The predicted molar refractivity (Wildman–Crippen MR) is 109 cm³/mol. The number of guanidine groups is 1. The molecular weight excluding hydrogens is 421 g/mol. The molecule has 0 saturated carbocycles. The summed E-state index contributed by atoms with van der Waals surface area (Å²) < 4.78 is 5.11. The first-order valence-electron chi connectivity index (χ1n) is 8.41. The van der Waals surface area contributed by atoms with Crippen LogP contribution >= 0.6 is 24.0 Å². The van der Waals surface area contributed by atoms with Gasteiger partial charge in [0.1, 0.15) is 0 Å². The van der Waals surface area contributed by atoms with E-state index in [9.17, 15) is 4.79 Å². The van der Waals surface area contributed by atoms with Crippen LogP contribution < -0.4 is 10.6 Å². The Morgan fingerprint density at radius 2 is 2.17 bits per heavy atom. The lowest BCUT2D eigenvalue weighted by Crippen LogP contribution is -2.45. The molecule has 1 saturated heterocycles. The smallest absolute Gasteiger partial charge is 0.239 e. The zero-order valence-corrected chi connectivity index (χ0v) is 18.0. The number of likely N-dealkylation sites (N-methyl/N-ethyl adjacent to an activating group) is 1. The summed E-state index contributed by atoms with van der Waals surface area (Å²) in [4.78, 5) is 20.4. The summed E-state index contributed by atoms with van der Waals surface area (Å²) >= 11 is 0. The summed E-state index contributed by atoms with van der Waals surface area (Å²) in [5, 5.41) is 6.59. The van der Waals surface area contributed by atoms with Crippen LogP contribution in [0.15, 0.2) is 4.99 Å². The highest BCUT2D eigenvalue weighted by molar-refractivity contribution is 14.0. The fourth-order valence-corrected chi connectivity index (χ4v) is 2.88. The first kappa shape index (κ1) is 23.4. The topological polar surface area (TPSA) is 69.2 Å². The number of likely N-dealkylation sites (tertiary alicyclic amines) is 1. The maximum Gasteiger partial charge on any atom is 0.239 e. The summed E-state index contributed by atoms with van der Waals surface area (Å²) in [6.07, 6.45) is 3.06. The maximum atomic E-state index is 12.2. The molecule has 8 heteroatoms. The van der Waals surface area contributed by atoms with Crippen molar-refractivity contribution in [1.82, 2.24) is 20.4 Å². The van der Waals surface area contributed by atoms with Gasteiger partial charge in [-0.1, -0.05) is 0 Å². The largest absolute Gasteiger partial charge is 0.383 e. The van der Waals surface area contributed by atoms with Crippen LogP contribution in [0.5, 0.6) is 0 Å². The van der Waals surface area contributed by atoms with Crippen LogP contribution in [0.2, 0.25) is 0 Å². The molecule has 1 heterocycles. The minimum atomic E-state index is 0. The summed E-state index contributed by atoms with van der Waals surface area (Å²) in [6, 6.07) is 0.274. The van der Waals surface area contributed by atoms with E-state index in [1.165, 1.54) is 0 Å². The molecule has 0 spiro atoms. The van der Waals surface area contributed by atoms with Gasteiger partial charge in [0, 0.05) is 47.4 Å². The predicted octanol–water partition coefficient (Wildman–Crippen LogP) is 0.747. The van der Waals surface area contributed by atoms with E-state index in [2.05, 4.69) is 27.4 Å². The average Bonchev–Trinajstić information content (AvgIpc) is 2.97. The molecule has 1 amide bonds. The summed E-state index contributed by atoms with van der Waals surface area (Å²) in [7, 11) is 7.12. The minimum absolute atomic E-state index is 0. The molecule has 0 aromatic rings. The van der Waals surface area contributed by atoms with E-state index in [-0.39, 0.29) is 42.0 Å². The van der Waals surface area contributed by atoms with Crippen molar-refractivity contribution in [3.63, 3.8) is 0 Å². The maximum absolute atomic E-state index is 12.2. The molecule has 0 radical (unpaired) electrons. The van der Waals surface area contributed by atoms with E-state index in [4.69, 9.17) is 4.74 Å². The number of nitrogens with zero attached hydrogens (tertiary/aromatic N) is 3. The molecular formula is C16H34IN5O2. The number of halogens is 1. The lowest BCUT2D eigenvalue weighted by molar-refractivity contribution is -0.133. The third kappa shape index (κ3) is 7.98. The Morgan fingerprint density at radius 3 is 2.75 bits per heavy atom. The molecule has 1 aliphatic rings. The summed E-state index contributed by atoms with van der Waals surface area (Å²) in [5.74, 6) is 1.01. The number of hydrogen-bond donors (Lipinski definition) is 2. The minimum Gasteiger partial charge on any atom is -0.383 e. The van der Waals surface area contributed by atoms with Crippen LogP contribution in [0.4, 0.5) is 0 Å². The number of aliphatic imine (C=N–C) groups is 1. The first-order valence-corrected chi connectivity index (χ1v) is 8.41. The van der Waals surface area contributed by atoms with E-state index in [1.807, 2.05) is 14.1 Å². The van der Waals surface area contributed by atoms with Gasteiger partial charge in [0.05, 0.1) is 12.6 Å². The van der Waals surface area contributed by atoms with Crippen LogP contribution in [-0.2, 0) is 9.53 Å². The molecule has 0 aromatic carbocycles. The van der Waals surface area contributed by atoms with Gasteiger partial charge in [-0.2, -0.15) is 0 Å². The third-order valence-electron chi connectivity index (χ3n) is 4.03. The summed E-state index contributed by atoms with van der Waals surface area (Å²) in [6.45, 7) is 5.48. The van der Waals surface area contributed by atoms with Crippen LogP contribution in [0, 0.1) is 0 Å². The fourth-order valence-electron chi connectivity index (χ4n) is 2.88. The second kappa shape index (κ2) is 12.7. The van der Waals surface area contributed by atoms with Crippen molar-refractivity contribution in [3.8, 4) is 0 Å². The van der Waals surface area contributed by atoms with Crippen molar-refractivity contribution in [2.45, 2.75) is 38.3 Å². The van der Waals surface area contributed by atoms with Gasteiger partial charge in [-0.15, -0.1) is 24.0 Å². The van der Waals surface area contributed by atoms with E-state index >= 15 is 0 Å². The third-order valence-corrected chi connectivity index (χ3v) is 4.03. The highest BCUT2D eigenvalue weighted by Crippen LogP contribution is 2.18. The second-order valence-corrected chi connectivity index (χ2v) is 6.28. The monoisotopic (exact) mass is 455 g/mol.